The lowest BCUT2D eigenvalue weighted by Gasteiger charge is -2.24. The van der Waals surface area contributed by atoms with Crippen molar-refractivity contribution >= 4 is 23.7 Å². The first-order valence-electron chi connectivity index (χ1n) is 11.0. The third-order valence-electron chi connectivity index (χ3n) is 4.61. The molecule has 3 amide bonds. The van der Waals surface area contributed by atoms with Gasteiger partial charge >= 0.3 is 0 Å². The van der Waals surface area contributed by atoms with Crippen molar-refractivity contribution in [1.82, 2.24) is 16.0 Å². The Morgan fingerprint density at radius 1 is 0.875 bits per heavy atom. The fourth-order valence-corrected chi connectivity index (χ4v) is 3.02. The standard InChI is InChI=1S/C22H37N7O3/c1-15(2)27-20(31)17(11-6-7-13-23)29-21(32)18(12-8-14-26-22(24)25)28-19(30)16-9-4-3-5-10-16/h3-5,9-10,15,17-18H,6-8,11-14,23H2,1-2H3,(H,27,31)(H,28,30)(H,29,32)(H4,24,25,26)/t17-,18-/m0/s1. The average Bonchev–Trinajstić information content (AvgIpc) is 2.74. The molecule has 0 fully saturated rings. The number of carbonyl (C=O) groups excluding carboxylic acids is 3. The number of hydrogen-bond acceptors (Lipinski definition) is 5. The highest BCUT2D eigenvalue weighted by Crippen LogP contribution is 2.07. The molecule has 0 saturated carbocycles. The molecule has 32 heavy (non-hydrogen) atoms. The number of hydrogen-bond donors (Lipinski definition) is 6. The number of amides is 3. The maximum atomic E-state index is 13.1. The number of nitrogens with zero attached hydrogens (tertiary/aromatic N) is 1. The van der Waals surface area contributed by atoms with Crippen LogP contribution in [0.25, 0.3) is 0 Å². The summed E-state index contributed by atoms with van der Waals surface area (Å²) in [6.45, 7) is 4.53. The van der Waals surface area contributed by atoms with Gasteiger partial charge in [0, 0.05) is 18.2 Å². The molecule has 10 nitrogen and oxygen atoms in total. The van der Waals surface area contributed by atoms with Crippen LogP contribution in [-0.4, -0.2) is 54.9 Å². The number of nitrogens with two attached hydrogens (primary N) is 3. The Bertz CT molecular complexity index is 749. The van der Waals surface area contributed by atoms with Crippen LogP contribution in [0.2, 0.25) is 0 Å². The van der Waals surface area contributed by atoms with Crippen molar-refractivity contribution in [3.63, 3.8) is 0 Å². The van der Waals surface area contributed by atoms with E-state index in [0.29, 0.717) is 44.3 Å². The van der Waals surface area contributed by atoms with Gasteiger partial charge in [-0.05, 0) is 64.6 Å². The summed E-state index contributed by atoms with van der Waals surface area (Å²) in [7, 11) is 0. The van der Waals surface area contributed by atoms with E-state index in [1.807, 2.05) is 13.8 Å². The highest BCUT2D eigenvalue weighted by Gasteiger charge is 2.27. The van der Waals surface area contributed by atoms with Gasteiger partial charge in [0.25, 0.3) is 5.91 Å². The van der Waals surface area contributed by atoms with E-state index in [1.54, 1.807) is 30.3 Å². The Morgan fingerprint density at radius 3 is 2.06 bits per heavy atom. The Balaban J connectivity index is 2.91. The Hall–Kier alpha value is -3.14. The molecule has 9 N–H and O–H groups in total. The predicted octanol–water partition coefficient (Wildman–Crippen LogP) is -0.0230. The van der Waals surface area contributed by atoms with Gasteiger partial charge in [-0.25, -0.2) is 0 Å². The van der Waals surface area contributed by atoms with Gasteiger partial charge in [-0.1, -0.05) is 18.2 Å². The van der Waals surface area contributed by atoms with Crippen molar-refractivity contribution in [2.24, 2.45) is 22.2 Å². The molecule has 0 spiro atoms. The van der Waals surface area contributed by atoms with Crippen molar-refractivity contribution in [2.45, 2.75) is 64.1 Å². The highest BCUT2D eigenvalue weighted by atomic mass is 16.2. The lowest BCUT2D eigenvalue weighted by atomic mass is 10.1. The zero-order valence-electron chi connectivity index (χ0n) is 19.0. The molecule has 178 valence electrons. The second kappa shape index (κ2) is 14.8. The van der Waals surface area contributed by atoms with Gasteiger partial charge in [0.2, 0.25) is 11.8 Å². The van der Waals surface area contributed by atoms with E-state index < -0.39 is 18.0 Å². The number of rotatable bonds is 14. The minimum atomic E-state index is -0.847. The molecule has 0 unspecified atom stereocenters. The van der Waals surface area contributed by atoms with Gasteiger partial charge in [0.15, 0.2) is 5.96 Å². The summed E-state index contributed by atoms with van der Waals surface area (Å²) in [5.41, 5.74) is 16.7. The van der Waals surface area contributed by atoms with E-state index in [9.17, 15) is 14.4 Å². The van der Waals surface area contributed by atoms with Crippen LogP contribution < -0.4 is 33.2 Å². The molecule has 0 aliphatic rings. The molecule has 0 radical (unpaired) electrons. The van der Waals surface area contributed by atoms with E-state index in [0.717, 1.165) is 6.42 Å². The third-order valence-corrected chi connectivity index (χ3v) is 4.61. The quantitative estimate of drug-likeness (QED) is 0.132. The molecule has 0 bridgehead atoms. The third kappa shape index (κ3) is 10.8. The second-order valence-electron chi connectivity index (χ2n) is 7.85. The zero-order valence-corrected chi connectivity index (χ0v) is 19.0. The van der Waals surface area contributed by atoms with Crippen LogP contribution >= 0.6 is 0 Å². The summed E-state index contributed by atoms with van der Waals surface area (Å²) in [6, 6.07) is 6.98. The van der Waals surface area contributed by atoms with E-state index in [1.165, 1.54) is 0 Å². The number of guanidine groups is 1. The van der Waals surface area contributed by atoms with Gasteiger partial charge in [0.05, 0.1) is 0 Å². The summed E-state index contributed by atoms with van der Waals surface area (Å²) in [5, 5.41) is 8.38. The molecule has 10 heteroatoms. The minimum absolute atomic E-state index is 0.0374. The summed E-state index contributed by atoms with van der Waals surface area (Å²) >= 11 is 0. The van der Waals surface area contributed by atoms with Crippen molar-refractivity contribution in [3.8, 4) is 0 Å². The van der Waals surface area contributed by atoms with Crippen LogP contribution in [-0.2, 0) is 9.59 Å². The monoisotopic (exact) mass is 447 g/mol. The van der Waals surface area contributed by atoms with Crippen molar-refractivity contribution in [3.05, 3.63) is 35.9 Å². The number of unbranched alkanes of at least 4 members (excludes halogenated alkanes) is 1. The van der Waals surface area contributed by atoms with Gasteiger partial charge in [0.1, 0.15) is 12.1 Å². The van der Waals surface area contributed by atoms with Gasteiger partial charge < -0.3 is 33.2 Å². The second-order valence-corrected chi connectivity index (χ2v) is 7.85. The van der Waals surface area contributed by atoms with E-state index in [-0.39, 0.29) is 23.8 Å². The average molecular weight is 448 g/mol. The molecular formula is C22H37N7O3. The summed E-state index contributed by atoms with van der Waals surface area (Å²) in [4.78, 5) is 42.2. The van der Waals surface area contributed by atoms with Crippen LogP contribution in [0.5, 0.6) is 0 Å². The smallest absolute Gasteiger partial charge is 0.251 e. The zero-order chi connectivity index (χ0) is 23.9. The van der Waals surface area contributed by atoms with E-state index in [2.05, 4.69) is 20.9 Å². The highest BCUT2D eigenvalue weighted by molar-refractivity contribution is 5.98. The van der Waals surface area contributed by atoms with Crippen molar-refractivity contribution < 1.29 is 14.4 Å². The molecule has 1 aromatic carbocycles. The van der Waals surface area contributed by atoms with Crippen molar-refractivity contribution in [2.75, 3.05) is 13.1 Å². The van der Waals surface area contributed by atoms with Crippen LogP contribution in [0.15, 0.2) is 35.3 Å². The Labute approximate surface area is 189 Å². The Morgan fingerprint density at radius 2 is 1.47 bits per heavy atom. The number of nitrogens with one attached hydrogen (secondary N) is 3. The molecular weight excluding hydrogens is 410 g/mol. The minimum Gasteiger partial charge on any atom is -0.370 e. The van der Waals surface area contributed by atoms with Gasteiger partial charge in [-0.2, -0.15) is 0 Å². The van der Waals surface area contributed by atoms with Crippen LogP contribution in [0.4, 0.5) is 0 Å². The first-order valence-corrected chi connectivity index (χ1v) is 11.0. The molecule has 0 aliphatic heterocycles. The largest absolute Gasteiger partial charge is 0.370 e. The lowest BCUT2D eigenvalue weighted by molar-refractivity contribution is -0.130. The number of carbonyl (C=O) groups is 3. The normalized spacial score (nSPS) is 12.5. The molecule has 0 aliphatic carbocycles. The topological polar surface area (TPSA) is 178 Å². The van der Waals surface area contributed by atoms with Crippen LogP contribution in [0, 0.1) is 0 Å². The SMILES string of the molecule is CC(C)NC(=O)[C@H](CCCCN)NC(=O)[C@H](CCCN=C(N)N)NC(=O)c1ccccc1. The lowest BCUT2D eigenvalue weighted by Crippen LogP contribution is -2.54. The van der Waals surface area contributed by atoms with Gasteiger partial charge in [-0.15, -0.1) is 0 Å². The molecule has 0 heterocycles. The molecule has 1 aromatic rings. The van der Waals surface area contributed by atoms with E-state index >= 15 is 0 Å². The molecule has 0 aromatic heterocycles. The number of benzene rings is 1. The summed E-state index contributed by atoms with van der Waals surface area (Å²) in [6.07, 6.45) is 2.67. The maximum Gasteiger partial charge on any atom is 0.251 e. The fraction of sp³-hybridized carbons (Fsp3) is 0.545. The van der Waals surface area contributed by atoms with E-state index in [4.69, 9.17) is 17.2 Å². The summed E-state index contributed by atoms with van der Waals surface area (Å²) < 4.78 is 0. The Kier molecular flexibility index (Phi) is 12.4. The fourth-order valence-electron chi connectivity index (χ4n) is 3.02. The van der Waals surface area contributed by atoms with Crippen LogP contribution in [0.1, 0.15) is 56.3 Å². The van der Waals surface area contributed by atoms with Crippen LogP contribution in [0.3, 0.4) is 0 Å². The molecule has 2 atom stereocenters. The van der Waals surface area contributed by atoms with Gasteiger partial charge in [-0.3, -0.25) is 19.4 Å². The summed E-state index contributed by atoms with van der Waals surface area (Å²) in [5.74, 6) is -1.11. The first kappa shape index (κ1) is 26.9. The van der Waals surface area contributed by atoms with Crippen molar-refractivity contribution in [1.29, 1.82) is 0 Å². The molecule has 1 rings (SSSR count). The predicted molar refractivity (Wildman–Crippen MR) is 126 cm³/mol. The molecule has 0 saturated heterocycles. The number of aliphatic imine (C=N–C) groups is 1. The maximum absolute atomic E-state index is 13.1. The first-order chi connectivity index (χ1) is 15.2.